The van der Waals surface area contributed by atoms with E-state index in [4.69, 9.17) is 4.42 Å². The van der Waals surface area contributed by atoms with Crippen molar-refractivity contribution in [1.29, 1.82) is 0 Å². The van der Waals surface area contributed by atoms with Gasteiger partial charge < -0.3 is 4.42 Å². The Kier molecular flexibility index (Phi) is 2.86. The highest BCUT2D eigenvalue weighted by molar-refractivity contribution is 5.75. The van der Waals surface area contributed by atoms with Gasteiger partial charge >= 0.3 is 0 Å². The molecule has 0 aliphatic rings. The van der Waals surface area contributed by atoms with Gasteiger partial charge in [0, 0.05) is 0 Å². The van der Waals surface area contributed by atoms with Crippen LogP contribution in [0.2, 0.25) is 0 Å². The molecule has 0 radical (unpaired) electrons. The SMILES string of the molecule is CC.Cc1cccc2ocnc12. The van der Waals surface area contributed by atoms with E-state index in [2.05, 4.69) is 4.98 Å². The van der Waals surface area contributed by atoms with Crippen molar-refractivity contribution in [2.45, 2.75) is 20.8 Å². The number of para-hydroxylation sites is 1. The molecule has 2 rings (SSSR count). The predicted molar refractivity (Wildman–Crippen MR) is 50.1 cm³/mol. The first-order valence-corrected chi connectivity index (χ1v) is 4.17. The zero-order chi connectivity index (χ0) is 8.97. The Hall–Kier alpha value is -1.31. The topological polar surface area (TPSA) is 26.0 Å². The third-order valence-corrected chi connectivity index (χ3v) is 1.56. The van der Waals surface area contributed by atoms with E-state index in [0.29, 0.717) is 0 Å². The van der Waals surface area contributed by atoms with Gasteiger partial charge in [0.1, 0.15) is 5.52 Å². The van der Waals surface area contributed by atoms with E-state index in [9.17, 15) is 0 Å². The van der Waals surface area contributed by atoms with E-state index in [1.807, 2.05) is 39.0 Å². The lowest BCUT2D eigenvalue weighted by Crippen LogP contribution is -1.72. The Morgan fingerprint density at radius 2 is 2.00 bits per heavy atom. The smallest absolute Gasteiger partial charge is 0.181 e. The van der Waals surface area contributed by atoms with Crippen molar-refractivity contribution in [3.8, 4) is 0 Å². The molecule has 2 heteroatoms. The Morgan fingerprint density at radius 3 is 2.67 bits per heavy atom. The maximum Gasteiger partial charge on any atom is 0.181 e. The molecule has 0 spiro atoms. The van der Waals surface area contributed by atoms with E-state index in [1.165, 1.54) is 6.39 Å². The van der Waals surface area contributed by atoms with Gasteiger partial charge in [-0.25, -0.2) is 4.98 Å². The molecule has 1 heterocycles. The lowest BCUT2D eigenvalue weighted by molar-refractivity contribution is 0.602. The summed E-state index contributed by atoms with van der Waals surface area (Å²) in [5.74, 6) is 0. The number of nitrogens with zero attached hydrogens (tertiary/aromatic N) is 1. The molecule has 0 fully saturated rings. The molecule has 0 unspecified atom stereocenters. The Labute approximate surface area is 72.2 Å². The van der Waals surface area contributed by atoms with Crippen molar-refractivity contribution >= 4 is 11.1 Å². The summed E-state index contributed by atoms with van der Waals surface area (Å²) < 4.78 is 5.09. The molecule has 0 bridgehead atoms. The molecule has 0 aliphatic heterocycles. The number of benzene rings is 1. The van der Waals surface area contributed by atoms with Gasteiger partial charge in [0.15, 0.2) is 12.0 Å². The number of hydrogen-bond donors (Lipinski definition) is 0. The predicted octanol–water partition coefficient (Wildman–Crippen LogP) is 3.16. The number of oxazole rings is 1. The van der Waals surface area contributed by atoms with Crippen LogP contribution in [0.3, 0.4) is 0 Å². The quantitative estimate of drug-likeness (QED) is 0.596. The largest absolute Gasteiger partial charge is 0.443 e. The fourth-order valence-corrected chi connectivity index (χ4v) is 1.03. The summed E-state index contributed by atoms with van der Waals surface area (Å²) in [4.78, 5) is 4.05. The van der Waals surface area contributed by atoms with Crippen molar-refractivity contribution < 1.29 is 4.42 Å². The highest BCUT2D eigenvalue weighted by Crippen LogP contribution is 2.14. The van der Waals surface area contributed by atoms with Gasteiger partial charge in [-0.2, -0.15) is 0 Å². The number of aryl methyl sites for hydroxylation is 1. The van der Waals surface area contributed by atoms with Crippen LogP contribution in [0.4, 0.5) is 0 Å². The van der Waals surface area contributed by atoms with Gasteiger partial charge in [-0.1, -0.05) is 26.0 Å². The van der Waals surface area contributed by atoms with Crippen LogP contribution in [0.15, 0.2) is 29.0 Å². The highest BCUT2D eigenvalue weighted by Gasteiger charge is 1.97. The van der Waals surface area contributed by atoms with E-state index in [1.54, 1.807) is 0 Å². The van der Waals surface area contributed by atoms with Crippen molar-refractivity contribution in [3.63, 3.8) is 0 Å². The van der Waals surface area contributed by atoms with Crippen molar-refractivity contribution in [2.24, 2.45) is 0 Å². The second-order valence-corrected chi connectivity index (χ2v) is 2.27. The Balaban J connectivity index is 0.000000336. The van der Waals surface area contributed by atoms with Crippen LogP contribution in [0, 0.1) is 6.92 Å². The molecule has 0 amide bonds. The average molecular weight is 163 g/mol. The fourth-order valence-electron chi connectivity index (χ4n) is 1.03. The van der Waals surface area contributed by atoms with Gasteiger partial charge in [-0.3, -0.25) is 0 Å². The summed E-state index contributed by atoms with van der Waals surface area (Å²) >= 11 is 0. The molecule has 1 aromatic heterocycles. The van der Waals surface area contributed by atoms with Crippen LogP contribution in [-0.2, 0) is 0 Å². The number of aromatic nitrogens is 1. The number of fused-ring (bicyclic) bond motifs is 1. The van der Waals surface area contributed by atoms with E-state index < -0.39 is 0 Å². The first-order valence-electron chi connectivity index (χ1n) is 4.17. The fraction of sp³-hybridized carbons (Fsp3) is 0.300. The first-order chi connectivity index (χ1) is 5.88. The molecular weight excluding hydrogens is 150 g/mol. The maximum atomic E-state index is 5.09. The maximum absolute atomic E-state index is 5.09. The van der Waals surface area contributed by atoms with Crippen LogP contribution in [0.5, 0.6) is 0 Å². The Morgan fingerprint density at radius 1 is 1.25 bits per heavy atom. The van der Waals surface area contributed by atoms with Gasteiger partial charge in [0.2, 0.25) is 0 Å². The lowest BCUT2D eigenvalue weighted by atomic mass is 10.2. The number of hydrogen-bond acceptors (Lipinski definition) is 2. The van der Waals surface area contributed by atoms with Crippen LogP contribution in [-0.4, -0.2) is 4.98 Å². The summed E-state index contributed by atoms with van der Waals surface area (Å²) in [6.45, 7) is 6.02. The molecule has 64 valence electrons. The molecule has 1 aromatic carbocycles. The highest BCUT2D eigenvalue weighted by atomic mass is 16.3. The molecule has 0 N–H and O–H groups in total. The van der Waals surface area contributed by atoms with Crippen molar-refractivity contribution in [2.75, 3.05) is 0 Å². The molecule has 12 heavy (non-hydrogen) atoms. The van der Waals surface area contributed by atoms with E-state index in [0.717, 1.165) is 16.7 Å². The molecule has 0 saturated carbocycles. The second-order valence-electron chi connectivity index (χ2n) is 2.27. The summed E-state index contributed by atoms with van der Waals surface area (Å²) in [7, 11) is 0. The monoisotopic (exact) mass is 163 g/mol. The van der Waals surface area contributed by atoms with Crippen molar-refractivity contribution in [3.05, 3.63) is 30.2 Å². The standard InChI is InChI=1S/C8H7NO.C2H6/c1-6-3-2-4-7-8(6)9-5-10-7;1-2/h2-5H,1H3;1-2H3. The Bertz CT molecular complexity index is 351. The third-order valence-electron chi connectivity index (χ3n) is 1.56. The zero-order valence-corrected chi connectivity index (χ0v) is 7.66. The molecule has 0 saturated heterocycles. The summed E-state index contributed by atoms with van der Waals surface area (Å²) in [6, 6.07) is 5.89. The van der Waals surface area contributed by atoms with Gasteiger partial charge in [0.05, 0.1) is 0 Å². The van der Waals surface area contributed by atoms with E-state index >= 15 is 0 Å². The minimum absolute atomic E-state index is 0.861. The minimum Gasteiger partial charge on any atom is -0.443 e. The minimum atomic E-state index is 0.861. The molecule has 2 aromatic rings. The van der Waals surface area contributed by atoms with Crippen LogP contribution in [0.25, 0.3) is 11.1 Å². The van der Waals surface area contributed by atoms with E-state index in [-0.39, 0.29) is 0 Å². The van der Waals surface area contributed by atoms with Gasteiger partial charge in [-0.15, -0.1) is 0 Å². The lowest BCUT2D eigenvalue weighted by Gasteiger charge is -1.88. The zero-order valence-electron chi connectivity index (χ0n) is 7.66. The summed E-state index contributed by atoms with van der Waals surface area (Å²) in [5.41, 5.74) is 2.98. The second kappa shape index (κ2) is 3.90. The number of rotatable bonds is 0. The third kappa shape index (κ3) is 1.47. The first kappa shape index (κ1) is 8.78. The van der Waals surface area contributed by atoms with Crippen LogP contribution in [0.1, 0.15) is 19.4 Å². The molecule has 0 aliphatic carbocycles. The van der Waals surface area contributed by atoms with Crippen LogP contribution >= 0.6 is 0 Å². The van der Waals surface area contributed by atoms with Crippen LogP contribution < -0.4 is 0 Å². The summed E-state index contributed by atoms with van der Waals surface area (Å²) in [6.07, 6.45) is 1.47. The summed E-state index contributed by atoms with van der Waals surface area (Å²) in [5, 5.41) is 0. The molecular formula is C10H13NO. The normalized spacial score (nSPS) is 9.25. The molecule has 2 nitrogen and oxygen atoms in total. The van der Waals surface area contributed by atoms with Crippen molar-refractivity contribution in [1.82, 2.24) is 4.98 Å². The molecule has 0 atom stereocenters. The average Bonchev–Trinajstić information content (AvgIpc) is 2.57. The van der Waals surface area contributed by atoms with Gasteiger partial charge in [0.25, 0.3) is 0 Å². The van der Waals surface area contributed by atoms with Gasteiger partial charge in [-0.05, 0) is 18.6 Å².